The number of benzene rings is 1. The van der Waals surface area contributed by atoms with E-state index < -0.39 is 35.4 Å². The summed E-state index contributed by atoms with van der Waals surface area (Å²) in [4.78, 5) is 39.6. The molecule has 4 rings (SSSR count). The van der Waals surface area contributed by atoms with Gasteiger partial charge < -0.3 is 30.5 Å². The predicted molar refractivity (Wildman–Crippen MR) is 148 cm³/mol. The van der Waals surface area contributed by atoms with Crippen molar-refractivity contribution in [1.82, 2.24) is 19.9 Å². The van der Waals surface area contributed by atoms with E-state index in [1.807, 2.05) is 0 Å². The largest absolute Gasteiger partial charge is 0.491 e. The monoisotopic (exact) mass is 554 g/mol. The highest BCUT2D eigenvalue weighted by Crippen LogP contribution is 2.29. The van der Waals surface area contributed by atoms with Crippen LogP contribution in [0.2, 0.25) is 0 Å². The third kappa shape index (κ3) is 7.12. The fraction of sp³-hybridized carbons (Fsp3) is 0.464. The van der Waals surface area contributed by atoms with Crippen molar-refractivity contribution in [3.63, 3.8) is 0 Å². The molecular formula is C28H35FN6O5. The number of rotatable bonds is 7. The molecule has 3 heterocycles. The SMILES string of the molecule is CC(C)(O)COc1ccc(-c2cc(C(N)=O)c3ncnc(N[C@@H]4CN(C(=O)OC(C)(C)C)CC[C@@H]4F)c3n2)cc1. The summed E-state index contributed by atoms with van der Waals surface area (Å²) >= 11 is 0. The van der Waals surface area contributed by atoms with Gasteiger partial charge >= 0.3 is 6.09 Å². The minimum absolute atomic E-state index is 0.0516. The highest BCUT2D eigenvalue weighted by Gasteiger charge is 2.34. The maximum Gasteiger partial charge on any atom is 0.410 e. The molecule has 3 aromatic rings. The van der Waals surface area contributed by atoms with E-state index in [0.717, 1.165) is 0 Å². The van der Waals surface area contributed by atoms with Gasteiger partial charge in [-0.05, 0) is 71.4 Å². The number of hydrogen-bond acceptors (Lipinski definition) is 9. The summed E-state index contributed by atoms with van der Waals surface area (Å²) in [6.45, 7) is 8.99. The molecule has 1 aliphatic rings. The minimum atomic E-state index is -1.26. The smallest absolute Gasteiger partial charge is 0.410 e. The van der Waals surface area contributed by atoms with E-state index >= 15 is 4.39 Å². The Balaban J connectivity index is 1.65. The molecule has 0 radical (unpaired) electrons. The molecule has 12 heteroatoms. The molecule has 1 saturated heterocycles. The van der Waals surface area contributed by atoms with Gasteiger partial charge in [-0.25, -0.2) is 24.1 Å². The zero-order valence-electron chi connectivity index (χ0n) is 23.3. The average Bonchev–Trinajstić information content (AvgIpc) is 2.87. The van der Waals surface area contributed by atoms with E-state index in [4.69, 9.17) is 20.2 Å². The van der Waals surface area contributed by atoms with Gasteiger partial charge in [0.25, 0.3) is 5.91 Å². The molecule has 214 valence electrons. The number of primary amides is 1. The first-order valence-electron chi connectivity index (χ1n) is 13.0. The van der Waals surface area contributed by atoms with Gasteiger partial charge in [0.15, 0.2) is 5.82 Å². The molecule has 0 saturated carbocycles. The van der Waals surface area contributed by atoms with Crippen molar-refractivity contribution in [2.24, 2.45) is 5.73 Å². The minimum Gasteiger partial charge on any atom is -0.491 e. The van der Waals surface area contributed by atoms with E-state index in [2.05, 4.69) is 15.3 Å². The molecule has 1 aliphatic heterocycles. The number of halogens is 1. The zero-order chi connectivity index (χ0) is 29.2. The van der Waals surface area contributed by atoms with Crippen LogP contribution in [0.5, 0.6) is 5.75 Å². The number of aromatic nitrogens is 3. The highest BCUT2D eigenvalue weighted by molar-refractivity contribution is 6.06. The third-order valence-electron chi connectivity index (χ3n) is 6.10. The summed E-state index contributed by atoms with van der Waals surface area (Å²) in [5, 5.41) is 13.0. The van der Waals surface area contributed by atoms with Crippen molar-refractivity contribution in [2.45, 2.75) is 64.5 Å². The number of pyridine rings is 1. The highest BCUT2D eigenvalue weighted by atomic mass is 19.1. The van der Waals surface area contributed by atoms with Crippen LogP contribution in [0.25, 0.3) is 22.3 Å². The number of fused-ring (bicyclic) bond motifs is 1. The van der Waals surface area contributed by atoms with Crippen LogP contribution in [0.4, 0.5) is 15.0 Å². The molecule has 2 amide bonds. The number of ether oxygens (including phenoxy) is 2. The van der Waals surface area contributed by atoms with Gasteiger partial charge in [0, 0.05) is 18.7 Å². The lowest BCUT2D eigenvalue weighted by molar-refractivity contribution is 0.0150. The van der Waals surface area contributed by atoms with Crippen molar-refractivity contribution in [1.29, 1.82) is 0 Å². The molecule has 0 bridgehead atoms. The maximum absolute atomic E-state index is 15.0. The number of anilines is 1. The third-order valence-corrected chi connectivity index (χ3v) is 6.10. The summed E-state index contributed by atoms with van der Waals surface area (Å²) in [5.41, 5.74) is 5.67. The first-order valence-corrected chi connectivity index (χ1v) is 13.0. The van der Waals surface area contributed by atoms with Crippen LogP contribution in [0.3, 0.4) is 0 Å². The second-order valence-corrected chi connectivity index (χ2v) is 11.4. The number of likely N-dealkylation sites (tertiary alicyclic amines) is 1. The molecular weight excluding hydrogens is 519 g/mol. The van der Waals surface area contributed by atoms with Crippen LogP contribution in [0.15, 0.2) is 36.7 Å². The molecule has 0 unspecified atom stereocenters. The summed E-state index contributed by atoms with van der Waals surface area (Å²) < 4.78 is 26.1. The molecule has 1 fully saturated rings. The topological polar surface area (TPSA) is 153 Å². The number of amides is 2. The Morgan fingerprint density at radius 2 is 1.85 bits per heavy atom. The van der Waals surface area contributed by atoms with Gasteiger partial charge in [-0.15, -0.1) is 0 Å². The van der Waals surface area contributed by atoms with Crippen LogP contribution in [0, 0.1) is 0 Å². The molecule has 2 aromatic heterocycles. The van der Waals surface area contributed by atoms with Crippen LogP contribution < -0.4 is 15.8 Å². The average molecular weight is 555 g/mol. The fourth-order valence-electron chi connectivity index (χ4n) is 4.19. The number of piperidine rings is 1. The number of nitrogens with two attached hydrogens (primary N) is 1. The maximum atomic E-state index is 15.0. The zero-order valence-corrected chi connectivity index (χ0v) is 23.3. The molecule has 4 N–H and O–H groups in total. The molecule has 2 atom stereocenters. The van der Waals surface area contributed by atoms with Crippen molar-refractivity contribution >= 4 is 28.9 Å². The van der Waals surface area contributed by atoms with Crippen LogP contribution in [-0.2, 0) is 4.74 Å². The van der Waals surface area contributed by atoms with Crippen molar-refractivity contribution in [2.75, 3.05) is 25.0 Å². The molecule has 11 nitrogen and oxygen atoms in total. The summed E-state index contributed by atoms with van der Waals surface area (Å²) in [7, 11) is 0. The van der Waals surface area contributed by atoms with E-state index in [9.17, 15) is 14.7 Å². The Kier molecular flexibility index (Phi) is 8.10. The Hall–Kier alpha value is -4.06. The lowest BCUT2D eigenvalue weighted by Gasteiger charge is -2.36. The Labute approximate surface area is 231 Å². The molecule has 0 aliphatic carbocycles. The predicted octanol–water partition coefficient (Wildman–Crippen LogP) is 3.70. The van der Waals surface area contributed by atoms with E-state index in [1.165, 1.54) is 17.3 Å². The van der Waals surface area contributed by atoms with Gasteiger partial charge in [0.2, 0.25) is 0 Å². The first kappa shape index (κ1) is 28.9. The molecule has 40 heavy (non-hydrogen) atoms. The van der Waals surface area contributed by atoms with Crippen LogP contribution in [-0.4, -0.2) is 80.1 Å². The number of nitrogens with one attached hydrogen (secondary N) is 1. The summed E-state index contributed by atoms with van der Waals surface area (Å²) in [6.07, 6.45) is -0.425. The molecule has 0 spiro atoms. The van der Waals surface area contributed by atoms with E-state index in [-0.39, 0.29) is 48.5 Å². The Morgan fingerprint density at radius 3 is 2.48 bits per heavy atom. The fourth-order valence-corrected chi connectivity index (χ4v) is 4.19. The summed E-state index contributed by atoms with van der Waals surface area (Å²) in [5.74, 6) is 0.0482. The van der Waals surface area contributed by atoms with Crippen molar-refractivity contribution in [3.8, 4) is 17.0 Å². The van der Waals surface area contributed by atoms with Gasteiger partial charge in [-0.3, -0.25) is 4.79 Å². The number of alkyl halides is 1. The van der Waals surface area contributed by atoms with E-state index in [1.54, 1.807) is 58.9 Å². The lowest BCUT2D eigenvalue weighted by atomic mass is 10.0. The quantitative estimate of drug-likeness (QED) is 0.397. The first-order chi connectivity index (χ1) is 18.7. The Bertz CT molecular complexity index is 1390. The number of carbonyl (C=O) groups is 2. The number of nitrogens with zero attached hydrogens (tertiary/aromatic N) is 4. The Morgan fingerprint density at radius 1 is 1.15 bits per heavy atom. The van der Waals surface area contributed by atoms with Crippen molar-refractivity contribution < 1.29 is 28.6 Å². The van der Waals surface area contributed by atoms with Crippen LogP contribution >= 0.6 is 0 Å². The number of hydrogen-bond donors (Lipinski definition) is 3. The van der Waals surface area contributed by atoms with Gasteiger partial charge in [-0.2, -0.15) is 0 Å². The second kappa shape index (κ2) is 11.2. The van der Waals surface area contributed by atoms with Gasteiger partial charge in [0.1, 0.15) is 41.5 Å². The number of carbonyl (C=O) groups excluding carboxylic acids is 2. The number of aliphatic hydroxyl groups is 1. The lowest BCUT2D eigenvalue weighted by Crippen LogP contribution is -2.52. The molecule has 1 aromatic carbocycles. The second-order valence-electron chi connectivity index (χ2n) is 11.4. The van der Waals surface area contributed by atoms with Gasteiger partial charge in [0.05, 0.1) is 22.9 Å². The van der Waals surface area contributed by atoms with Crippen LogP contribution in [0.1, 0.15) is 51.4 Å². The van der Waals surface area contributed by atoms with E-state index in [0.29, 0.717) is 17.0 Å². The standard InChI is InChI=1S/C28H35FN6O5/c1-27(2,3)40-26(37)35-11-10-19(29)21(13-35)34-25-23-22(31-15-32-25)18(24(30)36)12-20(33-23)16-6-8-17(9-7-16)39-14-28(4,5)38/h6-9,12,15,19,21,38H,10-11,13-14H2,1-5H3,(H2,30,36)(H,31,32,34)/t19-,21+/m0/s1. The van der Waals surface area contributed by atoms with Crippen molar-refractivity contribution in [3.05, 3.63) is 42.2 Å². The summed E-state index contributed by atoms with van der Waals surface area (Å²) in [6, 6.07) is 7.70. The normalized spacial score (nSPS) is 17.9. The van der Waals surface area contributed by atoms with Gasteiger partial charge in [-0.1, -0.05) is 0 Å².